The lowest BCUT2D eigenvalue weighted by Gasteiger charge is -2.14. The van der Waals surface area contributed by atoms with Gasteiger partial charge in [-0.2, -0.15) is 22.8 Å². The molecule has 1 amide bonds. The summed E-state index contributed by atoms with van der Waals surface area (Å²) < 4.78 is 8.39. The van der Waals surface area contributed by atoms with Crippen molar-refractivity contribution in [2.45, 2.75) is 33.4 Å². The van der Waals surface area contributed by atoms with Gasteiger partial charge in [0.25, 0.3) is 5.91 Å². The molecule has 1 N–H and O–H groups in total. The standard InChI is InChI=1S/C18H22N6O3S/c1-4-23-9-13(11(3)22-23)15-6-7-19-16-12(8-20-24(15)16)17(25)21-14(10-28)18(26)27-5-2/h6-9,14,28H,4-5,10H2,1-3H3,(H,21,25)/t14-/m0/s1. The summed E-state index contributed by atoms with van der Waals surface area (Å²) >= 11 is 4.12. The smallest absolute Gasteiger partial charge is 0.329 e. The van der Waals surface area contributed by atoms with Crippen molar-refractivity contribution in [3.05, 3.63) is 35.9 Å². The van der Waals surface area contributed by atoms with Gasteiger partial charge < -0.3 is 10.1 Å². The van der Waals surface area contributed by atoms with Gasteiger partial charge in [-0.15, -0.1) is 0 Å². The zero-order chi connectivity index (χ0) is 20.3. The fourth-order valence-corrected chi connectivity index (χ4v) is 3.09. The number of hydrogen-bond acceptors (Lipinski definition) is 7. The average Bonchev–Trinajstić information content (AvgIpc) is 3.29. The Morgan fingerprint density at radius 3 is 2.79 bits per heavy atom. The third-order valence-electron chi connectivity index (χ3n) is 4.25. The number of nitrogens with zero attached hydrogens (tertiary/aromatic N) is 5. The molecule has 1 atom stereocenters. The van der Waals surface area contributed by atoms with Crippen LogP contribution in [0.2, 0.25) is 0 Å². The first kappa shape index (κ1) is 19.9. The van der Waals surface area contributed by atoms with Gasteiger partial charge in [-0.3, -0.25) is 9.48 Å². The molecule has 28 heavy (non-hydrogen) atoms. The number of aromatic nitrogens is 5. The molecule has 3 aromatic heterocycles. The number of rotatable bonds is 7. The molecule has 0 aliphatic rings. The Morgan fingerprint density at radius 1 is 1.36 bits per heavy atom. The minimum absolute atomic E-state index is 0.123. The van der Waals surface area contributed by atoms with Crippen LogP contribution < -0.4 is 5.32 Å². The quantitative estimate of drug-likeness (QED) is 0.459. The zero-order valence-corrected chi connectivity index (χ0v) is 16.8. The maximum atomic E-state index is 12.7. The Balaban J connectivity index is 1.95. The normalized spacial score (nSPS) is 12.1. The molecular weight excluding hydrogens is 380 g/mol. The molecule has 0 spiro atoms. The molecule has 0 bridgehead atoms. The van der Waals surface area contributed by atoms with Crippen LogP contribution in [0.3, 0.4) is 0 Å². The molecule has 0 aliphatic heterocycles. The Labute approximate surface area is 167 Å². The van der Waals surface area contributed by atoms with Crippen molar-refractivity contribution in [2.75, 3.05) is 12.4 Å². The number of amides is 1. The van der Waals surface area contributed by atoms with Crippen LogP contribution in [0.15, 0.2) is 24.7 Å². The van der Waals surface area contributed by atoms with E-state index < -0.39 is 17.9 Å². The molecule has 0 aliphatic carbocycles. The van der Waals surface area contributed by atoms with Crippen molar-refractivity contribution < 1.29 is 14.3 Å². The van der Waals surface area contributed by atoms with Crippen LogP contribution in [-0.2, 0) is 16.1 Å². The summed E-state index contributed by atoms with van der Waals surface area (Å²) in [5, 5.41) is 11.4. The van der Waals surface area contributed by atoms with Crippen LogP contribution in [0.4, 0.5) is 0 Å². The van der Waals surface area contributed by atoms with Crippen molar-refractivity contribution >= 4 is 30.2 Å². The Bertz CT molecular complexity index is 1010. The lowest BCUT2D eigenvalue weighted by molar-refractivity contribution is -0.144. The molecule has 0 fully saturated rings. The summed E-state index contributed by atoms with van der Waals surface area (Å²) in [7, 11) is 0. The van der Waals surface area contributed by atoms with Gasteiger partial charge in [0.1, 0.15) is 11.6 Å². The number of thiol groups is 1. The van der Waals surface area contributed by atoms with Crippen LogP contribution in [0.5, 0.6) is 0 Å². The van der Waals surface area contributed by atoms with E-state index in [9.17, 15) is 9.59 Å². The monoisotopic (exact) mass is 402 g/mol. The van der Waals surface area contributed by atoms with E-state index in [1.807, 2.05) is 30.8 Å². The molecule has 10 heteroatoms. The van der Waals surface area contributed by atoms with Gasteiger partial charge in [0, 0.05) is 30.3 Å². The van der Waals surface area contributed by atoms with Crippen molar-refractivity contribution in [3.8, 4) is 11.3 Å². The summed E-state index contributed by atoms with van der Waals surface area (Å²) in [5.74, 6) is -0.871. The maximum Gasteiger partial charge on any atom is 0.329 e. The third-order valence-corrected chi connectivity index (χ3v) is 4.62. The molecule has 3 rings (SSSR count). The minimum Gasteiger partial charge on any atom is -0.464 e. The molecule has 3 heterocycles. The van der Waals surface area contributed by atoms with Gasteiger partial charge in [-0.05, 0) is 26.8 Å². The lowest BCUT2D eigenvalue weighted by Crippen LogP contribution is -2.43. The predicted molar refractivity (Wildman–Crippen MR) is 106 cm³/mol. The van der Waals surface area contributed by atoms with Crippen LogP contribution in [0.25, 0.3) is 16.9 Å². The molecule has 148 valence electrons. The van der Waals surface area contributed by atoms with E-state index in [2.05, 4.69) is 33.1 Å². The Kier molecular flexibility index (Phi) is 5.98. The van der Waals surface area contributed by atoms with E-state index in [-0.39, 0.29) is 17.9 Å². The van der Waals surface area contributed by atoms with Gasteiger partial charge in [0.2, 0.25) is 0 Å². The van der Waals surface area contributed by atoms with Crippen LogP contribution in [0, 0.1) is 6.92 Å². The molecule has 0 radical (unpaired) electrons. The van der Waals surface area contributed by atoms with Crippen molar-refractivity contribution in [1.82, 2.24) is 29.7 Å². The second-order valence-corrected chi connectivity index (χ2v) is 6.43. The van der Waals surface area contributed by atoms with E-state index in [1.165, 1.54) is 6.20 Å². The number of esters is 1. The summed E-state index contributed by atoms with van der Waals surface area (Å²) in [6.07, 6.45) is 4.98. The van der Waals surface area contributed by atoms with E-state index in [0.717, 1.165) is 23.5 Å². The van der Waals surface area contributed by atoms with Crippen LogP contribution in [0.1, 0.15) is 29.9 Å². The van der Waals surface area contributed by atoms with Crippen molar-refractivity contribution in [1.29, 1.82) is 0 Å². The number of nitrogens with one attached hydrogen (secondary N) is 1. The van der Waals surface area contributed by atoms with Crippen LogP contribution >= 0.6 is 12.6 Å². The largest absolute Gasteiger partial charge is 0.464 e. The van der Waals surface area contributed by atoms with Gasteiger partial charge in [-0.1, -0.05) is 0 Å². The van der Waals surface area contributed by atoms with Crippen molar-refractivity contribution in [2.24, 2.45) is 0 Å². The highest BCUT2D eigenvalue weighted by molar-refractivity contribution is 7.80. The molecule has 0 saturated heterocycles. The fraction of sp³-hybridized carbons (Fsp3) is 0.389. The SMILES string of the molecule is CCOC(=O)[C@H](CS)NC(=O)c1cnn2c(-c3cn(CC)nc3C)ccnc12. The summed E-state index contributed by atoms with van der Waals surface area (Å²) in [5.41, 5.74) is 3.19. The molecule has 9 nitrogen and oxygen atoms in total. The number of carbonyl (C=O) groups is 2. The van der Waals surface area contributed by atoms with E-state index in [4.69, 9.17) is 4.74 Å². The van der Waals surface area contributed by atoms with Crippen molar-refractivity contribution in [3.63, 3.8) is 0 Å². The van der Waals surface area contributed by atoms with E-state index in [1.54, 1.807) is 17.6 Å². The number of aryl methyl sites for hydroxylation is 2. The highest BCUT2D eigenvalue weighted by atomic mass is 32.1. The number of hydrogen-bond donors (Lipinski definition) is 2. The van der Waals surface area contributed by atoms with E-state index in [0.29, 0.717) is 5.65 Å². The maximum absolute atomic E-state index is 12.7. The van der Waals surface area contributed by atoms with Gasteiger partial charge in [0.05, 0.1) is 24.2 Å². The zero-order valence-electron chi connectivity index (χ0n) is 15.9. The highest BCUT2D eigenvalue weighted by Crippen LogP contribution is 2.23. The van der Waals surface area contributed by atoms with Gasteiger partial charge in [0.15, 0.2) is 5.65 Å². The highest BCUT2D eigenvalue weighted by Gasteiger charge is 2.24. The average molecular weight is 402 g/mol. The molecular formula is C18H22N6O3S. The first-order chi connectivity index (χ1) is 13.5. The number of ether oxygens (including phenoxy) is 1. The first-order valence-corrected chi connectivity index (χ1v) is 9.58. The Morgan fingerprint density at radius 2 is 2.14 bits per heavy atom. The third kappa shape index (κ3) is 3.72. The minimum atomic E-state index is -0.848. The number of carbonyl (C=O) groups excluding carboxylic acids is 2. The molecule has 0 unspecified atom stereocenters. The van der Waals surface area contributed by atoms with Gasteiger partial charge in [-0.25, -0.2) is 14.3 Å². The Hall–Kier alpha value is -2.88. The first-order valence-electron chi connectivity index (χ1n) is 8.95. The fourth-order valence-electron chi connectivity index (χ4n) is 2.84. The molecule has 3 aromatic rings. The van der Waals surface area contributed by atoms with Crippen LogP contribution in [-0.4, -0.2) is 54.7 Å². The lowest BCUT2D eigenvalue weighted by atomic mass is 10.2. The molecule has 0 aromatic carbocycles. The number of fused-ring (bicyclic) bond motifs is 1. The summed E-state index contributed by atoms with van der Waals surface area (Å²) in [6.45, 7) is 6.61. The second kappa shape index (κ2) is 8.42. The van der Waals surface area contributed by atoms with E-state index >= 15 is 0 Å². The summed E-state index contributed by atoms with van der Waals surface area (Å²) in [4.78, 5) is 28.9. The molecule has 0 saturated carbocycles. The summed E-state index contributed by atoms with van der Waals surface area (Å²) in [6, 6.07) is 0.972. The van der Waals surface area contributed by atoms with Gasteiger partial charge >= 0.3 is 5.97 Å². The topological polar surface area (TPSA) is 103 Å². The second-order valence-electron chi connectivity index (χ2n) is 6.07. The predicted octanol–water partition coefficient (Wildman–Crippen LogP) is 1.51.